The summed E-state index contributed by atoms with van der Waals surface area (Å²) in [6, 6.07) is 0.649. The standard InChI is InChI=1S/C6H14O3Si/c1-5-6-10(7-2,8-3)9-4/h5H,1,6H2,2-4H3. The molecule has 0 atom stereocenters. The summed E-state index contributed by atoms with van der Waals surface area (Å²) < 4.78 is 15.3. The summed E-state index contributed by atoms with van der Waals surface area (Å²) in [4.78, 5) is 0. The maximum absolute atomic E-state index is 5.10. The van der Waals surface area contributed by atoms with Crippen molar-refractivity contribution in [2.24, 2.45) is 0 Å². The zero-order valence-corrected chi connectivity index (χ0v) is 7.72. The van der Waals surface area contributed by atoms with Crippen molar-refractivity contribution in [3.8, 4) is 0 Å². The van der Waals surface area contributed by atoms with Gasteiger partial charge in [-0.25, -0.2) is 0 Å². The van der Waals surface area contributed by atoms with Gasteiger partial charge < -0.3 is 13.3 Å². The molecule has 0 rings (SSSR count). The van der Waals surface area contributed by atoms with Crippen LogP contribution in [0.1, 0.15) is 0 Å². The van der Waals surface area contributed by atoms with E-state index < -0.39 is 8.80 Å². The molecule has 0 aromatic rings. The topological polar surface area (TPSA) is 27.7 Å². The molecule has 3 nitrogen and oxygen atoms in total. The molecule has 0 aliphatic carbocycles. The Morgan fingerprint density at radius 2 is 1.60 bits per heavy atom. The van der Waals surface area contributed by atoms with Gasteiger partial charge in [0.15, 0.2) is 0 Å². The summed E-state index contributed by atoms with van der Waals surface area (Å²) in [7, 11) is 2.42. The quantitative estimate of drug-likeness (QED) is 0.447. The lowest BCUT2D eigenvalue weighted by Gasteiger charge is -2.22. The van der Waals surface area contributed by atoms with Crippen LogP contribution in [0.4, 0.5) is 0 Å². The molecule has 0 aliphatic rings. The first-order valence-corrected chi connectivity index (χ1v) is 4.94. The molecule has 4 heteroatoms. The first kappa shape index (κ1) is 9.84. The Labute approximate surface area is 63.0 Å². The molecule has 0 unspecified atom stereocenters. The lowest BCUT2D eigenvalue weighted by Crippen LogP contribution is -2.41. The number of allylic oxidation sites excluding steroid dienone is 1. The van der Waals surface area contributed by atoms with Gasteiger partial charge >= 0.3 is 8.80 Å². The molecule has 0 aromatic heterocycles. The molecule has 0 saturated heterocycles. The zero-order valence-electron chi connectivity index (χ0n) is 6.72. The van der Waals surface area contributed by atoms with Gasteiger partial charge in [0.2, 0.25) is 0 Å². The summed E-state index contributed by atoms with van der Waals surface area (Å²) in [5, 5.41) is 0. The van der Waals surface area contributed by atoms with Crippen LogP contribution in [-0.2, 0) is 13.3 Å². The second kappa shape index (κ2) is 4.62. The average Bonchev–Trinajstić information content (AvgIpc) is 2.01. The van der Waals surface area contributed by atoms with Crippen LogP contribution in [0.2, 0.25) is 6.04 Å². The smallest absolute Gasteiger partial charge is 0.377 e. The van der Waals surface area contributed by atoms with E-state index in [1.54, 1.807) is 27.4 Å². The lowest BCUT2D eigenvalue weighted by atomic mass is 10.8. The molecule has 0 N–H and O–H groups in total. The third-order valence-electron chi connectivity index (χ3n) is 1.33. The Bertz CT molecular complexity index is 92.9. The predicted octanol–water partition coefficient (Wildman–Crippen LogP) is 1.05. The third-order valence-corrected chi connectivity index (χ3v) is 3.98. The van der Waals surface area contributed by atoms with E-state index in [4.69, 9.17) is 13.3 Å². The van der Waals surface area contributed by atoms with Crippen molar-refractivity contribution < 1.29 is 13.3 Å². The second-order valence-electron chi connectivity index (χ2n) is 1.79. The maximum atomic E-state index is 5.10. The fraction of sp³-hybridized carbons (Fsp3) is 0.667. The van der Waals surface area contributed by atoms with E-state index in [0.717, 1.165) is 0 Å². The van der Waals surface area contributed by atoms with E-state index in [2.05, 4.69) is 6.58 Å². The van der Waals surface area contributed by atoms with Gasteiger partial charge in [0.25, 0.3) is 0 Å². The van der Waals surface area contributed by atoms with Crippen molar-refractivity contribution in [1.29, 1.82) is 0 Å². The maximum Gasteiger partial charge on any atom is 0.504 e. The Morgan fingerprint density at radius 3 is 1.70 bits per heavy atom. The SMILES string of the molecule is C=CC[Si](OC)(OC)OC. The lowest BCUT2D eigenvalue weighted by molar-refractivity contribution is 0.127. The minimum atomic E-state index is -2.34. The fourth-order valence-electron chi connectivity index (χ4n) is 0.677. The van der Waals surface area contributed by atoms with Crippen LogP contribution in [0.15, 0.2) is 12.7 Å². The summed E-state index contributed by atoms with van der Waals surface area (Å²) in [5.74, 6) is 0. The van der Waals surface area contributed by atoms with Crippen molar-refractivity contribution in [3.05, 3.63) is 12.7 Å². The average molecular weight is 162 g/mol. The molecular weight excluding hydrogens is 148 g/mol. The molecule has 0 heterocycles. The van der Waals surface area contributed by atoms with E-state index >= 15 is 0 Å². The first-order valence-electron chi connectivity index (χ1n) is 3.01. The molecule has 0 bridgehead atoms. The van der Waals surface area contributed by atoms with Crippen molar-refractivity contribution in [2.45, 2.75) is 6.04 Å². The molecule has 60 valence electrons. The largest absolute Gasteiger partial charge is 0.504 e. The number of rotatable bonds is 5. The van der Waals surface area contributed by atoms with Crippen LogP contribution in [0.3, 0.4) is 0 Å². The number of hydrogen-bond donors (Lipinski definition) is 0. The predicted molar refractivity (Wildman–Crippen MR) is 41.8 cm³/mol. The summed E-state index contributed by atoms with van der Waals surface area (Å²) in [6.07, 6.45) is 1.74. The highest BCUT2D eigenvalue weighted by atomic mass is 28.4. The summed E-state index contributed by atoms with van der Waals surface area (Å²) in [6.45, 7) is 3.58. The van der Waals surface area contributed by atoms with Crippen LogP contribution in [0.5, 0.6) is 0 Å². The van der Waals surface area contributed by atoms with Crippen molar-refractivity contribution in [2.75, 3.05) is 21.3 Å². The van der Waals surface area contributed by atoms with Crippen LogP contribution < -0.4 is 0 Å². The van der Waals surface area contributed by atoms with Gasteiger partial charge in [0.05, 0.1) is 0 Å². The van der Waals surface area contributed by atoms with Crippen LogP contribution in [0, 0.1) is 0 Å². The minimum Gasteiger partial charge on any atom is -0.377 e. The van der Waals surface area contributed by atoms with Crippen LogP contribution in [0.25, 0.3) is 0 Å². The van der Waals surface area contributed by atoms with Crippen molar-refractivity contribution >= 4 is 8.80 Å². The van der Waals surface area contributed by atoms with E-state index in [9.17, 15) is 0 Å². The highest BCUT2D eigenvalue weighted by molar-refractivity contribution is 6.61. The molecule has 10 heavy (non-hydrogen) atoms. The van der Waals surface area contributed by atoms with Gasteiger partial charge in [0.1, 0.15) is 0 Å². The Balaban J connectivity index is 4.00. The Morgan fingerprint density at radius 1 is 1.20 bits per heavy atom. The van der Waals surface area contributed by atoms with Crippen LogP contribution >= 0.6 is 0 Å². The summed E-state index contributed by atoms with van der Waals surface area (Å²) in [5.41, 5.74) is 0. The molecule has 0 spiro atoms. The van der Waals surface area contributed by atoms with Gasteiger partial charge in [-0.05, 0) is 0 Å². The van der Waals surface area contributed by atoms with Gasteiger partial charge in [-0.3, -0.25) is 0 Å². The molecule has 0 aliphatic heterocycles. The van der Waals surface area contributed by atoms with Crippen LogP contribution in [-0.4, -0.2) is 30.1 Å². The molecule has 0 saturated carbocycles. The number of hydrogen-bond acceptors (Lipinski definition) is 3. The molecule has 0 fully saturated rings. The first-order chi connectivity index (χ1) is 4.74. The molecule has 0 aromatic carbocycles. The molecular formula is C6H14O3Si. The van der Waals surface area contributed by atoms with Gasteiger partial charge in [-0.1, -0.05) is 6.08 Å². The molecule has 0 radical (unpaired) electrons. The van der Waals surface area contributed by atoms with Crippen molar-refractivity contribution in [1.82, 2.24) is 0 Å². The monoisotopic (exact) mass is 162 g/mol. The molecule has 0 amide bonds. The Kier molecular flexibility index (Phi) is 4.55. The normalized spacial score (nSPS) is 11.5. The van der Waals surface area contributed by atoms with E-state index in [0.29, 0.717) is 6.04 Å². The highest BCUT2D eigenvalue weighted by Gasteiger charge is 2.35. The summed E-state index contributed by atoms with van der Waals surface area (Å²) >= 11 is 0. The van der Waals surface area contributed by atoms with Gasteiger partial charge in [-0.15, -0.1) is 6.58 Å². The zero-order chi connectivity index (χ0) is 8.04. The fourth-order valence-corrected chi connectivity index (χ4v) is 2.03. The van der Waals surface area contributed by atoms with Crippen molar-refractivity contribution in [3.63, 3.8) is 0 Å². The van der Waals surface area contributed by atoms with Gasteiger partial charge in [-0.2, -0.15) is 0 Å². The van der Waals surface area contributed by atoms with E-state index in [-0.39, 0.29) is 0 Å². The van der Waals surface area contributed by atoms with Gasteiger partial charge in [0, 0.05) is 27.4 Å². The highest BCUT2D eigenvalue weighted by Crippen LogP contribution is 2.11. The second-order valence-corrected chi connectivity index (χ2v) is 4.79. The van der Waals surface area contributed by atoms with E-state index in [1.165, 1.54) is 0 Å². The minimum absolute atomic E-state index is 0.649. The van der Waals surface area contributed by atoms with E-state index in [1.807, 2.05) is 0 Å². The third kappa shape index (κ3) is 2.22. The Hall–Kier alpha value is -0.163.